The van der Waals surface area contributed by atoms with E-state index < -0.39 is 0 Å². The highest BCUT2D eigenvalue weighted by molar-refractivity contribution is 6.34. The smallest absolute Gasteiger partial charge is 0.262 e. The summed E-state index contributed by atoms with van der Waals surface area (Å²) in [4.78, 5) is 41.5. The Morgan fingerprint density at radius 1 is 0.860 bits per heavy atom. The molecule has 7 nitrogen and oxygen atoms in total. The zero-order valence-electron chi connectivity index (χ0n) is 23.2. The van der Waals surface area contributed by atoms with Crippen LogP contribution in [0.4, 0.5) is 17.1 Å². The van der Waals surface area contributed by atoms with Crippen LogP contribution in [0.2, 0.25) is 15.1 Å². The second-order valence-corrected chi connectivity index (χ2v) is 11.3. The molecule has 10 heteroatoms. The third kappa shape index (κ3) is 6.96. The fourth-order valence-electron chi connectivity index (χ4n) is 5.22. The first-order valence-corrected chi connectivity index (χ1v) is 14.8. The molecule has 1 unspecified atom stereocenters. The molecular weight excluding hydrogens is 609 g/mol. The second kappa shape index (κ2) is 13.5. The van der Waals surface area contributed by atoms with Crippen molar-refractivity contribution in [3.05, 3.63) is 117 Å². The third-order valence-electron chi connectivity index (χ3n) is 7.29. The number of halogens is 3. The number of ether oxygens (including phenoxy) is 1. The molecule has 1 heterocycles. The summed E-state index contributed by atoms with van der Waals surface area (Å²) < 4.78 is 5.58. The Hall–Kier alpha value is -4.04. The largest absolute Gasteiger partial charge is 0.496 e. The number of nitrogens with zero attached hydrogens (tertiary/aromatic N) is 1. The number of hydrogen-bond donors (Lipinski definition) is 2. The van der Waals surface area contributed by atoms with Crippen LogP contribution >= 0.6 is 34.8 Å². The molecule has 0 fully saturated rings. The average molecular weight is 637 g/mol. The van der Waals surface area contributed by atoms with Crippen molar-refractivity contribution in [3.63, 3.8) is 0 Å². The Balaban J connectivity index is 1.39. The van der Waals surface area contributed by atoms with Gasteiger partial charge in [0.15, 0.2) is 0 Å². The van der Waals surface area contributed by atoms with Crippen LogP contribution in [0.25, 0.3) is 0 Å². The molecule has 220 valence electrons. The lowest BCUT2D eigenvalue weighted by Gasteiger charge is -2.25. The normalized spacial score (nSPS) is 14.3. The molecule has 1 aliphatic heterocycles. The van der Waals surface area contributed by atoms with Gasteiger partial charge in [0.25, 0.3) is 11.8 Å². The number of methoxy groups -OCH3 is 1. The molecule has 4 aromatic rings. The maximum atomic E-state index is 14.0. The lowest BCUT2D eigenvalue weighted by molar-refractivity contribution is -0.116. The summed E-state index contributed by atoms with van der Waals surface area (Å²) in [5, 5.41) is 7.00. The van der Waals surface area contributed by atoms with E-state index in [0.29, 0.717) is 68.4 Å². The number of hydrogen-bond acceptors (Lipinski definition) is 4. The zero-order valence-corrected chi connectivity index (χ0v) is 25.5. The number of carbonyl (C=O) groups is 3. The molecule has 5 rings (SSSR count). The highest BCUT2D eigenvalue weighted by Crippen LogP contribution is 2.40. The highest BCUT2D eigenvalue weighted by Gasteiger charge is 2.30. The lowest BCUT2D eigenvalue weighted by Crippen LogP contribution is -2.32. The lowest BCUT2D eigenvalue weighted by atomic mass is 9.90. The van der Waals surface area contributed by atoms with Crippen LogP contribution in [0.3, 0.4) is 0 Å². The van der Waals surface area contributed by atoms with Crippen LogP contribution in [0.1, 0.15) is 51.5 Å². The summed E-state index contributed by atoms with van der Waals surface area (Å²) >= 11 is 18.8. The Morgan fingerprint density at radius 3 is 2.35 bits per heavy atom. The number of para-hydroxylation sites is 1. The monoisotopic (exact) mass is 635 g/mol. The van der Waals surface area contributed by atoms with Crippen LogP contribution < -0.4 is 20.3 Å². The third-order valence-corrected chi connectivity index (χ3v) is 8.18. The van der Waals surface area contributed by atoms with Crippen molar-refractivity contribution in [2.75, 3.05) is 29.2 Å². The standard InChI is InChI=1S/C33H28Cl3N3O4/c1-43-30-19-22(37-32(41)23-8-2-3-9-26(23)35)13-14-24(30)33(42)39-16-6-7-20(25-18-21(34)12-15-29(25)39)17-31(40)38-28-11-5-4-10-27(28)36/h2-5,8-15,18-20H,6-7,16-17H2,1H3,(H,37,41)(H,38,40). The van der Waals surface area contributed by atoms with Gasteiger partial charge in [0.1, 0.15) is 5.75 Å². The van der Waals surface area contributed by atoms with E-state index in [1.165, 1.54) is 7.11 Å². The molecule has 3 amide bonds. The van der Waals surface area contributed by atoms with Gasteiger partial charge in [-0.05, 0) is 78.9 Å². The summed E-state index contributed by atoms with van der Waals surface area (Å²) in [5.74, 6) is -0.698. The van der Waals surface area contributed by atoms with E-state index in [4.69, 9.17) is 39.5 Å². The SMILES string of the molecule is COc1cc(NC(=O)c2ccccc2Cl)ccc1C(=O)N1CCCC(CC(=O)Nc2ccccc2Cl)c2cc(Cl)ccc21. The molecular formula is C33H28Cl3N3O4. The fraction of sp³-hybridized carbons (Fsp3) is 0.182. The van der Waals surface area contributed by atoms with Gasteiger partial charge in [-0.25, -0.2) is 0 Å². The van der Waals surface area contributed by atoms with Crippen LogP contribution in [-0.4, -0.2) is 31.4 Å². The highest BCUT2D eigenvalue weighted by atomic mass is 35.5. The number of benzene rings is 4. The number of nitrogens with one attached hydrogen (secondary N) is 2. The van der Waals surface area contributed by atoms with Gasteiger partial charge >= 0.3 is 0 Å². The molecule has 43 heavy (non-hydrogen) atoms. The van der Waals surface area contributed by atoms with E-state index in [1.807, 2.05) is 12.1 Å². The molecule has 0 radical (unpaired) electrons. The van der Waals surface area contributed by atoms with Crippen molar-refractivity contribution >= 4 is 69.6 Å². The van der Waals surface area contributed by atoms with E-state index in [-0.39, 0.29) is 30.1 Å². The topological polar surface area (TPSA) is 87.7 Å². The van der Waals surface area contributed by atoms with Gasteiger partial charge in [-0.15, -0.1) is 0 Å². The van der Waals surface area contributed by atoms with Gasteiger partial charge in [-0.3, -0.25) is 14.4 Å². The Kier molecular flexibility index (Phi) is 9.56. The number of anilines is 3. The molecule has 0 spiro atoms. The first-order chi connectivity index (χ1) is 20.7. The first kappa shape index (κ1) is 30.4. The molecule has 0 bridgehead atoms. The maximum absolute atomic E-state index is 14.0. The molecule has 1 atom stereocenters. The van der Waals surface area contributed by atoms with E-state index in [2.05, 4.69) is 10.6 Å². The Bertz CT molecular complexity index is 1690. The van der Waals surface area contributed by atoms with Crippen molar-refractivity contribution in [2.45, 2.75) is 25.2 Å². The summed E-state index contributed by atoms with van der Waals surface area (Å²) in [6.07, 6.45) is 1.54. The van der Waals surface area contributed by atoms with E-state index in [1.54, 1.807) is 77.7 Å². The van der Waals surface area contributed by atoms with Gasteiger partial charge in [-0.1, -0.05) is 59.1 Å². The molecule has 0 saturated heterocycles. The van der Waals surface area contributed by atoms with Crippen molar-refractivity contribution in [1.29, 1.82) is 0 Å². The first-order valence-electron chi connectivity index (χ1n) is 13.6. The van der Waals surface area contributed by atoms with Crippen LogP contribution in [0, 0.1) is 0 Å². The number of fused-ring (bicyclic) bond motifs is 1. The predicted octanol–water partition coefficient (Wildman–Crippen LogP) is 8.46. The van der Waals surface area contributed by atoms with Crippen molar-refractivity contribution in [2.24, 2.45) is 0 Å². The van der Waals surface area contributed by atoms with Crippen LogP contribution in [-0.2, 0) is 4.79 Å². The molecule has 4 aromatic carbocycles. The summed E-state index contributed by atoms with van der Waals surface area (Å²) in [5.41, 5.74) is 3.15. The minimum absolute atomic E-state index is 0.168. The number of carbonyl (C=O) groups excluding carboxylic acids is 3. The number of amides is 3. The summed E-state index contributed by atoms with van der Waals surface area (Å²) in [6, 6.07) is 24.0. The number of rotatable bonds is 7. The Morgan fingerprint density at radius 2 is 1.60 bits per heavy atom. The van der Waals surface area contributed by atoms with Gasteiger partial charge in [0, 0.05) is 35.4 Å². The van der Waals surface area contributed by atoms with Crippen molar-refractivity contribution in [3.8, 4) is 5.75 Å². The van der Waals surface area contributed by atoms with Crippen molar-refractivity contribution in [1.82, 2.24) is 0 Å². The maximum Gasteiger partial charge on any atom is 0.262 e. The van der Waals surface area contributed by atoms with Gasteiger partial charge in [0.05, 0.1) is 34.0 Å². The molecule has 0 aliphatic carbocycles. The van der Waals surface area contributed by atoms with E-state index in [0.717, 1.165) is 5.56 Å². The van der Waals surface area contributed by atoms with Gasteiger partial charge in [-0.2, -0.15) is 0 Å². The summed E-state index contributed by atoms with van der Waals surface area (Å²) in [7, 11) is 1.47. The average Bonchev–Trinajstić information content (AvgIpc) is 3.17. The van der Waals surface area contributed by atoms with E-state index >= 15 is 0 Å². The predicted molar refractivity (Wildman–Crippen MR) is 172 cm³/mol. The van der Waals surface area contributed by atoms with Crippen LogP contribution in [0.15, 0.2) is 84.9 Å². The second-order valence-electron chi connectivity index (χ2n) is 10.1. The van der Waals surface area contributed by atoms with E-state index in [9.17, 15) is 14.4 Å². The fourth-order valence-corrected chi connectivity index (χ4v) is 5.80. The summed E-state index contributed by atoms with van der Waals surface area (Å²) in [6.45, 7) is 0.435. The molecule has 0 saturated carbocycles. The molecule has 0 aromatic heterocycles. The minimum Gasteiger partial charge on any atom is -0.496 e. The van der Waals surface area contributed by atoms with Crippen molar-refractivity contribution < 1.29 is 19.1 Å². The quantitative estimate of drug-likeness (QED) is 0.213. The van der Waals surface area contributed by atoms with Gasteiger partial charge < -0.3 is 20.3 Å². The van der Waals surface area contributed by atoms with Crippen LogP contribution in [0.5, 0.6) is 5.75 Å². The van der Waals surface area contributed by atoms with Gasteiger partial charge in [0.2, 0.25) is 5.91 Å². The molecule has 1 aliphatic rings. The minimum atomic E-state index is -0.380. The zero-order chi connectivity index (χ0) is 30.5. The Labute approximate surface area is 264 Å². The molecule has 2 N–H and O–H groups in total.